The summed E-state index contributed by atoms with van der Waals surface area (Å²) in [7, 11) is 0. The number of ketones is 2. The third-order valence-corrected chi connectivity index (χ3v) is 3.25. The quantitative estimate of drug-likeness (QED) is 0.528. The molecule has 0 spiro atoms. The van der Waals surface area contributed by atoms with Crippen LogP contribution in [0.4, 0.5) is 0 Å². The predicted octanol–water partition coefficient (Wildman–Crippen LogP) is 1.96. The summed E-state index contributed by atoms with van der Waals surface area (Å²) in [5, 5.41) is 0. The normalized spacial score (nSPS) is 23.4. The van der Waals surface area contributed by atoms with Crippen LogP contribution in [0.2, 0.25) is 0 Å². The van der Waals surface area contributed by atoms with Gasteiger partial charge in [0.05, 0.1) is 5.92 Å². The zero-order valence-electron chi connectivity index (χ0n) is 11.1. The molecule has 98 valence electrons. The topological polar surface area (TPSA) is 52.6 Å². The second kappa shape index (κ2) is 5.74. The molecule has 1 aliphatic rings. The van der Waals surface area contributed by atoms with Gasteiger partial charge in [-0.25, -0.2) is 0 Å². The number of rotatable bonds is 6. The Labute approximate surface area is 103 Å². The summed E-state index contributed by atoms with van der Waals surface area (Å²) < 4.78 is 10.5. The lowest BCUT2D eigenvalue weighted by atomic mass is 9.88. The van der Waals surface area contributed by atoms with E-state index in [4.69, 9.17) is 9.47 Å². The van der Waals surface area contributed by atoms with Gasteiger partial charge in [0.1, 0.15) is 5.78 Å². The van der Waals surface area contributed by atoms with Crippen molar-refractivity contribution < 1.29 is 19.1 Å². The third kappa shape index (κ3) is 3.13. The van der Waals surface area contributed by atoms with Crippen LogP contribution in [-0.4, -0.2) is 31.1 Å². The van der Waals surface area contributed by atoms with Crippen LogP contribution in [0.3, 0.4) is 0 Å². The summed E-state index contributed by atoms with van der Waals surface area (Å²) in [5.74, 6) is -0.746. The molecule has 1 saturated carbocycles. The van der Waals surface area contributed by atoms with Gasteiger partial charge in [0, 0.05) is 18.6 Å². The van der Waals surface area contributed by atoms with Gasteiger partial charge in [-0.1, -0.05) is 13.8 Å². The molecular weight excluding hydrogens is 220 g/mol. The van der Waals surface area contributed by atoms with Gasteiger partial charge in [-0.15, -0.1) is 0 Å². The molecule has 1 unspecified atom stereocenters. The first-order valence-corrected chi connectivity index (χ1v) is 6.25. The molecule has 0 aromatic carbocycles. The minimum absolute atomic E-state index is 0.0203. The molecule has 0 aromatic heterocycles. The number of hydrogen-bond donors (Lipinski definition) is 0. The van der Waals surface area contributed by atoms with E-state index in [1.165, 1.54) is 0 Å². The monoisotopic (exact) mass is 242 g/mol. The average molecular weight is 242 g/mol. The van der Waals surface area contributed by atoms with Gasteiger partial charge in [0.2, 0.25) is 6.29 Å². The van der Waals surface area contributed by atoms with Crippen LogP contribution in [0.15, 0.2) is 0 Å². The van der Waals surface area contributed by atoms with Gasteiger partial charge < -0.3 is 9.47 Å². The summed E-state index contributed by atoms with van der Waals surface area (Å²) in [6, 6.07) is 0. The lowest BCUT2D eigenvalue weighted by Gasteiger charge is -2.20. The van der Waals surface area contributed by atoms with Gasteiger partial charge >= 0.3 is 0 Å². The molecule has 0 heterocycles. The maximum absolute atomic E-state index is 12.2. The first-order chi connectivity index (χ1) is 7.94. The fourth-order valence-electron chi connectivity index (χ4n) is 2.18. The molecule has 0 aromatic rings. The highest BCUT2D eigenvalue weighted by Crippen LogP contribution is 2.38. The van der Waals surface area contributed by atoms with Crippen molar-refractivity contribution in [3.63, 3.8) is 0 Å². The van der Waals surface area contributed by atoms with Gasteiger partial charge in [-0.2, -0.15) is 0 Å². The molecule has 0 saturated heterocycles. The molecule has 4 heteroatoms. The van der Waals surface area contributed by atoms with Crippen LogP contribution in [0.1, 0.15) is 40.5 Å². The minimum Gasteiger partial charge on any atom is -0.346 e. The Bertz CT molecular complexity index is 290. The highest BCUT2D eigenvalue weighted by Gasteiger charge is 2.46. The van der Waals surface area contributed by atoms with Gasteiger partial charge in [0.25, 0.3) is 0 Å². The van der Waals surface area contributed by atoms with E-state index in [9.17, 15) is 9.59 Å². The van der Waals surface area contributed by atoms with Crippen LogP contribution >= 0.6 is 0 Å². The van der Waals surface area contributed by atoms with Crippen molar-refractivity contribution in [2.45, 2.75) is 46.8 Å². The lowest BCUT2D eigenvalue weighted by Crippen LogP contribution is -2.37. The molecule has 1 rings (SSSR count). The van der Waals surface area contributed by atoms with Crippen molar-refractivity contribution in [1.82, 2.24) is 0 Å². The Morgan fingerprint density at radius 3 is 2.24 bits per heavy atom. The first-order valence-electron chi connectivity index (χ1n) is 6.25. The number of Topliss-reactive ketones (excluding diaryl/α,β-unsaturated/α-hetero) is 2. The summed E-state index contributed by atoms with van der Waals surface area (Å²) in [6.07, 6.45) is 0.488. The zero-order valence-corrected chi connectivity index (χ0v) is 11.1. The number of carbonyl (C=O) groups is 2. The zero-order chi connectivity index (χ0) is 13.1. The molecular formula is C13H22O4. The SMILES string of the molecule is CCOC(OCC)C(=O)C1CCC(C)(C)C1=O. The van der Waals surface area contributed by atoms with E-state index >= 15 is 0 Å². The summed E-state index contributed by atoms with van der Waals surface area (Å²) in [6.45, 7) is 8.19. The van der Waals surface area contributed by atoms with E-state index in [2.05, 4.69) is 0 Å². The van der Waals surface area contributed by atoms with E-state index in [1.807, 2.05) is 13.8 Å². The highest BCUT2D eigenvalue weighted by atomic mass is 16.7. The standard InChI is InChI=1S/C13H22O4/c1-5-16-12(17-6-2)10(14)9-7-8-13(3,4)11(9)15/h9,12H,5-8H2,1-4H3. The Hall–Kier alpha value is -0.740. The number of carbonyl (C=O) groups excluding carboxylic acids is 2. The van der Waals surface area contributed by atoms with Crippen LogP contribution in [0.5, 0.6) is 0 Å². The number of hydrogen-bond acceptors (Lipinski definition) is 4. The van der Waals surface area contributed by atoms with Crippen molar-refractivity contribution in [1.29, 1.82) is 0 Å². The number of ether oxygens (including phenoxy) is 2. The van der Waals surface area contributed by atoms with Crippen molar-refractivity contribution in [3.05, 3.63) is 0 Å². The Balaban J connectivity index is 2.72. The Morgan fingerprint density at radius 2 is 1.88 bits per heavy atom. The van der Waals surface area contributed by atoms with E-state index in [1.54, 1.807) is 13.8 Å². The largest absolute Gasteiger partial charge is 0.346 e. The summed E-state index contributed by atoms with van der Waals surface area (Å²) in [5.41, 5.74) is -0.386. The van der Waals surface area contributed by atoms with Crippen LogP contribution in [-0.2, 0) is 19.1 Å². The third-order valence-electron chi connectivity index (χ3n) is 3.25. The summed E-state index contributed by atoms with van der Waals surface area (Å²) >= 11 is 0. The van der Waals surface area contributed by atoms with Crippen LogP contribution in [0.25, 0.3) is 0 Å². The molecule has 17 heavy (non-hydrogen) atoms. The fourth-order valence-corrected chi connectivity index (χ4v) is 2.18. The highest BCUT2D eigenvalue weighted by molar-refractivity contribution is 6.07. The second-order valence-corrected chi connectivity index (χ2v) is 4.98. The van der Waals surface area contributed by atoms with Crippen molar-refractivity contribution >= 4 is 11.6 Å². The second-order valence-electron chi connectivity index (χ2n) is 4.98. The molecule has 0 radical (unpaired) electrons. The smallest absolute Gasteiger partial charge is 0.218 e. The molecule has 0 aliphatic heterocycles. The Morgan fingerprint density at radius 1 is 1.35 bits per heavy atom. The van der Waals surface area contributed by atoms with E-state index in [0.29, 0.717) is 19.6 Å². The predicted molar refractivity (Wildman–Crippen MR) is 63.6 cm³/mol. The molecule has 0 amide bonds. The molecule has 0 N–H and O–H groups in total. The molecule has 1 atom stereocenters. The van der Waals surface area contributed by atoms with Crippen molar-refractivity contribution in [2.75, 3.05) is 13.2 Å². The molecule has 1 aliphatic carbocycles. The minimum atomic E-state index is -0.882. The first kappa shape index (κ1) is 14.3. The average Bonchev–Trinajstić information content (AvgIpc) is 2.53. The van der Waals surface area contributed by atoms with Crippen molar-refractivity contribution in [2.24, 2.45) is 11.3 Å². The van der Waals surface area contributed by atoms with E-state index in [-0.39, 0.29) is 17.0 Å². The van der Waals surface area contributed by atoms with Crippen LogP contribution < -0.4 is 0 Å². The molecule has 0 bridgehead atoms. The van der Waals surface area contributed by atoms with E-state index < -0.39 is 12.2 Å². The van der Waals surface area contributed by atoms with Crippen molar-refractivity contribution in [3.8, 4) is 0 Å². The van der Waals surface area contributed by atoms with Gasteiger partial charge in [-0.3, -0.25) is 9.59 Å². The maximum Gasteiger partial charge on any atom is 0.218 e. The van der Waals surface area contributed by atoms with Crippen LogP contribution in [0, 0.1) is 11.3 Å². The fraction of sp³-hybridized carbons (Fsp3) is 0.846. The Kier molecular flexibility index (Phi) is 4.83. The maximum atomic E-state index is 12.2. The molecule has 1 fully saturated rings. The lowest BCUT2D eigenvalue weighted by molar-refractivity contribution is -0.172. The van der Waals surface area contributed by atoms with E-state index in [0.717, 1.165) is 6.42 Å². The summed E-state index contributed by atoms with van der Waals surface area (Å²) in [4.78, 5) is 24.2. The van der Waals surface area contributed by atoms with Gasteiger partial charge in [0.15, 0.2) is 5.78 Å². The molecule has 4 nitrogen and oxygen atoms in total. The van der Waals surface area contributed by atoms with Gasteiger partial charge in [-0.05, 0) is 26.7 Å².